The van der Waals surface area contributed by atoms with Crippen molar-refractivity contribution in [3.63, 3.8) is 0 Å². The zero-order valence-electron chi connectivity index (χ0n) is 7.78. The molecule has 1 N–H and O–H groups in total. The van der Waals surface area contributed by atoms with E-state index in [0.29, 0.717) is 6.61 Å². The summed E-state index contributed by atoms with van der Waals surface area (Å²) >= 11 is -2.08. The van der Waals surface area contributed by atoms with Crippen LogP contribution in [0.3, 0.4) is 0 Å². The van der Waals surface area contributed by atoms with Gasteiger partial charge in [0, 0.05) is 0 Å². The summed E-state index contributed by atoms with van der Waals surface area (Å²) in [5, 5.41) is 0. The second kappa shape index (κ2) is 7.71. The summed E-state index contributed by atoms with van der Waals surface area (Å²) in [6, 6.07) is 0. The molecule has 0 amide bonds. The fraction of sp³-hybridized carbons (Fsp3) is 1.00. The molecule has 0 aliphatic rings. The van der Waals surface area contributed by atoms with Crippen LogP contribution in [0.5, 0.6) is 0 Å². The molecule has 0 aromatic carbocycles. The van der Waals surface area contributed by atoms with Crippen LogP contribution in [0.2, 0.25) is 0 Å². The molecule has 0 rings (SSSR count). The topological polar surface area (TPSA) is 46.5 Å². The largest absolute Gasteiger partial charge is 0.301 e. The Morgan fingerprint density at radius 2 is 2.00 bits per heavy atom. The van der Waals surface area contributed by atoms with E-state index in [-0.39, 0.29) is 0 Å². The highest BCUT2D eigenvalue weighted by atomic mass is 32.2. The van der Waals surface area contributed by atoms with Crippen LogP contribution in [0, 0.1) is 5.92 Å². The fourth-order valence-corrected chi connectivity index (χ4v) is 1.22. The van der Waals surface area contributed by atoms with Crippen molar-refractivity contribution in [2.75, 3.05) is 6.61 Å². The molecule has 0 saturated carbocycles. The van der Waals surface area contributed by atoms with Crippen molar-refractivity contribution < 1.29 is 12.9 Å². The summed E-state index contributed by atoms with van der Waals surface area (Å²) in [6.45, 7) is 4.78. The van der Waals surface area contributed by atoms with Gasteiger partial charge in [-0.1, -0.05) is 33.1 Å². The molecule has 0 aromatic heterocycles. The Labute approximate surface area is 77.0 Å². The van der Waals surface area contributed by atoms with E-state index in [1.807, 2.05) is 0 Å². The first-order chi connectivity index (χ1) is 5.63. The Morgan fingerprint density at radius 3 is 2.50 bits per heavy atom. The standard InChI is InChI=1S/C8H18O3S/c1-8(2)6-4-3-5-7-11-12(9)10/h8H,3-7H2,1-2H3,(H,9,10). The molecule has 0 aliphatic heterocycles. The van der Waals surface area contributed by atoms with Crippen LogP contribution < -0.4 is 0 Å². The summed E-state index contributed by atoms with van der Waals surface area (Å²) in [7, 11) is 0. The molecule has 0 fully saturated rings. The van der Waals surface area contributed by atoms with Gasteiger partial charge >= 0.3 is 11.4 Å². The van der Waals surface area contributed by atoms with Crippen molar-refractivity contribution in [2.45, 2.75) is 39.5 Å². The van der Waals surface area contributed by atoms with E-state index in [9.17, 15) is 4.21 Å². The van der Waals surface area contributed by atoms with Gasteiger partial charge in [0.2, 0.25) is 0 Å². The van der Waals surface area contributed by atoms with Crippen LogP contribution >= 0.6 is 0 Å². The molecule has 1 unspecified atom stereocenters. The van der Waals surface area contributed by atoms with E-state index >= 15 is 0 Å². The number of hydrogen-bond donors (Lipinski definition) is 1. The number of rotatable bonds is 7. The van der Waals surface area contributed by atoms with Gasteiger partial charge in [-0.2, -0.15) is 4.21 Å². The molecule has 0 aromatic rings. The van der Waals surface area contributed by atoms with E-state index in [0.717, 1.165) is 18.8 Å². The van der Waals surface area contributed by atoms with Crippen LogP contribution in [0.4, 0.5) is 0 Å². The lowest BCUT2D eigenvalue weighted by atomic mass is 10.1. The van der Waals surface area contributed by atoms with Gasteiger partial charge in [-0.05, 0) is 12.3 Å². The lowest BCUT2D eigenvalue weighted by Gasteiger charge is -2.03. The molecule has 12 heavy (non-hydrogen) atoms. The third-order valence-corrected chi connectivity index (χ3v) is 1.98. The Morgan fingerprint density at radius 1 is 1.33 bits per heavy atom. The van der Waals surface area contributed by atoms with Crippen LogP contribution in [-0.2, 0) is 15.5 Å². The van der Waals surface area contributed by atoms with Gasteiger partial charge in [-0.3, -0.25) is 8.74 Å². The van der Waals surface area contributed by atoms with E-state index in [2.05, 4.69) is 18.0 Å². The minimum absolute atomic E-state index is 0.390. The first kappa shape index (κ1) is 12.1. The van der Waals surface area contributed by atoms with Gasteiger partial charge in [0.1, 0.15) is 0 Å². The minimum atomic E-state index is -2.08. The van der Waals surface area contributed by atoms with E-state index in [4.69, 9.17) is 4.55 Å². The maximum Gasteiger partial charge on any atom is 0.301 e. The Balaban J connectivity index is 2.96. The second-order valence-electron chi connectivity index (χ2n) is 3.28. The highest BCUT2D eigenvalue weighted by molar-refractivity contribution is 7.74. The zero-order valence-corrected chi connectivity index (χ0v) is 8.60. The lowest BCUT2D eigenvalue weighted by Crippen LogP contribution is -1.97. The Kier molecular flexibility index (Phi) is 7.75. The van der Waals surface area contributed by atoms with Crippen molar-refractivity contribution in [1.82, 2.24) is 0 Å². The van der Waals surface area contributed by atoms with Crippen LogP contribution in [0.15, 0.2) is 0 Å². The first-order valence-electron chi connectivity index (χ1n) is 4.37. The summed E-state index contributed by atoms with van der Waals surface area (Å²) in [5.74, 6) is 0.748. The molecular weight excluding hydrogens is 176 g/mol. The minimum Gasteiger partial charge on any atom is -0.284 e. The van der Waals surface area contributed by atoms with Crippen molar-refractivity contribution in [2.24, 2.45) is 5.92 Å². The van der Waals surface area contributed by atoms with Gasteiger partial charge in [0.05, 0.1) is 6.61 Å². The Bertz CT molecular complexity index is 125. The van der Waals surface area contributed by atoms with E-state index < -0.39 is 11.4 Å². The molecule has 0 radical (unpaired) electrons. The zero-order chi connectivity index (χ0) is 9.40. The van der Waals surface area contributed by atoms with E-state index in [1.165, 1.54) is 12.8 Å². The van der Waals surface area contributed by atoms with Crippen LogP contribution in [-0.4, -0.2) is 15.4 Å². The Hall–Kier alpha value is 0.0700. The highest BCUT2D eigenvalue weighted by Gasteiger charge is 1.95. The predicted octanol–water partition coefficient (Wildman–Crippen LogP) is 2.36. The molecule has 3 nitrogen and oxygen atoms in total. The predicted molar refractivity (Wildman–Crippen MR) is 50.0 cm³/mol. The number of hydrogen-bond acceptors (Lipinski definition) is 2. The smallest absolute Gasteiger partial charge is 0.284 e. The molecule has 74 valence electrons. The van der Waals surface area contributed by atoms with Crippen LogP contribution in [0.25, 0.3) is 0 Å². The van der Waals surface area contributed by atoms with Gasteiger partial charge in [0.25, 0.3) is 0 Å². The molecule has 1 atom stereocenters. The van der Waals surface area contributed by atoms with Gasteiger partial charge in [-0.15, -0.1) is 0 Å². The average Bonchev–Trinajstić information content (AvgIpc) is 1.95. The highest BCUT2D eigenvalue weighted by Crippen LogP contribution is 2.07. The molecular formula is C8H18O3S. The summed E-state index contributed by atoms with van der Waals surface area (Å²) in [6.07, 6.45) is 4.36. The lowest BCUT2D eigenvalue weighted by molar-refractivity contribution is 0.295. The van der Waals surface area contributed by atoms with Crippen molar-refractivity contribution in [3.8, 4) is 0 Å². The first-order valence-corrected chi connectivity index (χ1v) is 5.40. The SMILES string of the molecule is CC(C)CCCCCOS(=O)O. The molecule has 0 heterocycles. The fourth-order valence-electron chi connectivity index (χ4n) is 0.962. The third-order valence-electron chi connectivity index (χ3n) is 1.61. The van der Waals surface area contributed by atoms with Crippen LogP contribution in [0.1, 0.15) is 39.5 Å². The normalized spacial score (nSPS) is 13.7. The van der Waals surface area contributed by atoms with Gasteiger partial charge in [-0.25, -0.2) is 0 Å². The second-order valence-corrected chi connectivity index (χ2v) is 3.95. The van der Waals surface area contributed by atoms with E-state index in [1.54, 1.807) is 0 Å². The average molecular weight is 194 g/mol. The monoisotopic (exact) mass is 194 g/mol. The molecule has 0 bridgehead atoms. The van der Waals surface area contributed by atoms with Gasteiger partial charge in [0.15, 0.2) is 0 Å². The maximum absolute atomic E-state index is 10.0. The van der Waals surface area contributed by atoms with Crippen molar-refractivity contribution >= 4 is 11.4 Å². The maximum atomic E-state index is 10.0. The van der Waals surface area contributed by atoms with Gasteiger partial charge < -0.3 is 0 Å². The molecule has 4 heteroatoms. The van der Waals surface area contributed by atoms with Crippen molar-refractivity contribution in [3.05, 3.63) is 0 Å². The quantitative estimate of drug-likeness (QED) is 0.500. The van der Waals surface area contributed by atoms with Crippen molar-refractivity contribution in [1.29, 1.82) is 0 Å². The summed E-state index contributed by atoms with van der Waals surface area (Å²) < 4.78 is 22.8. The molecule has 0 aliphatic carbocycles. The summed E-state index contributed by atoms with van der Waals surface area (Å²) in [4.78, 5) is 0. The molecule has 0 saturated heterocycles. The summed E-state index contributed by atoms with van der Waals surface area (Å²) in [5.41, 5.74) is 0. The number of unbranched alkanes of at least 4 members (excludes halogenated alkanes) is 2. The molecule has 0 spiro atoms. The third kappa shape index (κ3) is 10.1.